The van der Waals surface area contributed by atoms with Gasteiger partial charge in [-0.05, 0) is 0 Å². The summed E-state index contributed by atoms with van der Waals surface area (Å²) >= 11 is 0. The monoisotopic (exact) mass is 216 g/mol. The Kier molecular flexibility index (Phi) is 14.8. The van der Waals surface area contributed by atoms with Crippen molar-refractivity contribution in [2.75, 3.05) is 41.8 Å². The van der Waals surface area contributed by atoms with E-state index < -0.39 is 16.8 Å². The van der Waals surface area contributed by atoms with Gasteiger partial charge in [-0.1, -0.05) is 0 Å². The molecule has 0 saturated carbocycles. The molecular weight excluding hydrogens is 198 g/mol. The minimum absolute atomic E-state index is 0.576. The minimum atomic E-state index is -0.576. The van der Waals surface area contributed by atoms with E-state index in [0.717, 1.165) is 0 Å². The second kappa shape index (κ2) is 11.7. The van der Waals surface area contributed by atoms with Crippen LogP contribution in [0, 0.1) is 0 Å². The lowest BCUT2D eigenvalue weighted by Crippen LogP contribution is -1.74. The van der Waals surface area contributed by atoms with E-state index in [4.69, 9.17) is 18.1 Å². The summed E-state index contributed by atoms with van der Waals surface area (Å²) in [6.07, 6.45) is 0. The molecule has 0 N–H and O–H groups in total. The molecule has 0 spiro atoms. The molecule has 0 aliphatic heterocycles. The smallest absolute Gasteiger partial charge is 0.166 e. The Morgan fingerprint density at radius 3 is 0.750 bits per heavy atom. The lowest BCUT2D eigenvalue weighted by Gasteiger charge is -2.01. The zero-order chi connectivity index (χ0) is 9.98. The van der Waals surface area contributed by atoms with Crippen molar-refractivity contribution >= 4 is 16.8 Å². The zero-order valence-electron chi connectivity index (χ0n) is 8.53. The van der Waals surface area contributed by atoms with E-state index in [2.05, 4.69) is 0 Å². The summed E-state index contributed by atoms with van der Waals surface area (Å²) in [6, 6.07) is 0. The van der Waals surface area contributed by atoms with Gasteiger partial charge in [0.05, 0.1) is 0 Å². The molecule has 0 heterocycles. The molecule has 4 nitrogen and oxygen atoms in total. The number of hydrogen-bond donors (Lipinski definition) is 0. The van der Waals surface area contributed by atoms with Crippen LogP contribution in [0.15, 0.2) is 0 Å². The van der Waals surface area contributed by atoms with Crippen molar-refractivity contribution in [2.45, 2.75) is 0 Å². The third-order valence-corrected chi connectivity index (χ3v) is 3.09. The van der Waals surface area contributed by atoms with Crippen molar-refractivity contribution in [1.82, 2.24) is 0 Å². The summed E-state index contributed by atoms with van der Waals surface area (Å²) in [5.74, 6) is 0. The van der Waals surface area contributed by atoms with Gasteiger partial charge in [0.25, 0.3) is 0 Å². The summed E-state index contributed by atoms with van der Waals surface area (Å²) in [5.41, 5.74) is 0. The third kappa shape index (κ3) is 13.3. The van der Waals surface area contributed by atoms with E-state index in [1.165, 1.54) is 0 Å². The molecule has 76 valence electrons. The predicted octanol–water partition coefficient (Wildman–Crippen LogP) is 2.44. The predicted molar refractivity (Wildman–Crippen MR) is 53.7 cm³/mol. The molecule has 0 rings (SSSR count). The van der Waals surface area contributed by atoms with Crippen LogP contribution in [0.1, 0.15) is 0 Å². The third-order valence-electron chi connectivity index (χ3n) is 1.03. The Bertz CT molecular complexity index is 65.9. The van der Waals surface area contributed by atoms with Crippen LogP contribution in [-0.2, 0) is 18.1 Å². The van der Waals surface area contributed by atoms with Gasteiger partial charge < -0.3 is 18.1 Å². The Morgan fingerprint density at radius 1 is 0.583 bits per heavy atom. The van der Waals surface area contributed by atoms with Gasteiger partial charge >= 0.3 is 0 Å². The first kappa shape index (κ1) is 15.2. The van der Waals surface area contributed by atoms with Gasteiger partial charge in [0, 0.05) is 41.8 Å². The summed E-state index contributed by atoms with van der Waals surface area (Å²) in [4.78, 5) is 0. The summed E-state index contributed by atoms with van der Waals surface area (Å²) in [5, 5.41) is 0. The zero-order valence-corrected chi connectivity index (χ0v) is 10.3. The van der Waals surface area contributed by atoms with Crippen LogP contribution >= 0.6 is 16.8 Å². The molecule has 0 saturated heterocycles. The van der Waals surface area contributed by atoms with Crippen molar-refractivity contribution in [1.29, 1.82) is 0 Å². The summed E-state index contributed by atoms with van der Waals surface area (Å²) in [6.45, 7) is 3.80. The van der Waals surface area contributed by atoms with E-state index in [9.17, 15) is 0 Å². The van der Waals surface area contributed by atoms with Crippen molar-refractivity contribution in [2.24, 2.45) is 0 Å². The van der Waals surface area contributed by atoms with Crippen LogP contribution in [0.25, 0.3) is 0 Å². The second-order valence-corrected chi connectivity index (χ2v) is 4.83. The van der Waals surface area contributed by atoms with E-state index >= 15 is 0 Å². The molecule has 0 unspecified atom stereocenters. The Morgan fingerprint density at radius 2 is 0.750 bits per heavy atom. The Labute approximate surface area is 77.4 Å². The van der Waals surface area contributed by atoms with Gasteiger partial charge in [0.15, 0.2) is 16.8 Å². The highest BCUT2D eigenvalue weighted by atomic mass is 31.2. The van der Waals surface area contributed by atoms with Gasteiger partial charge in [0.2, 0.25) is 0 Å². The topological polar surface area (TPSA) is 36.9 Å². The molecule has 0 bridgehead atoms. The van der Waals surface area contributed by atoms with E-state index in [-0.39, 0.29) is 0 Å². The van der Waals surface area contributed by atoms with Crippen molar-refractivity contribution in [3.05, 3.63) is 0 Å². The van der Waals surface area contributed by atoms with E-state index in [1.54, 1.807) is 28.4 Å². The van der Waals surface area contributed by atoms with Gasteiger partial charge in [-0.2, -0.15) is 0 Å². The summed E-state index contributed by atoms with van der Waals surface area (Å²) in [7, 11) is 5.38. The fraction of sp³-hybridized carbons (Fsp3) is 1.00. The first-order valence-electron chi connectivity index (χ1n) is 3.26. The van der Waals surface area contributed by atoms with Gasteiger partial charge in [-0.3, -0.25) is 0 Å². The van der Waals surface area contributed by atoms with Crippen LogP contribution < -0.4 is 0 Å². The molecule has 0 atom stereocenters. The van der Waals surface area contributed by atoms with Crippen molar-refractivity contribution in [3.8, 4) is 0 Å². The second-order valence-electron chi connectivity index (χ2n) is 1.61. The Balaban J connectivity index is 0. The first-order valence-corrected chi connectivity index (χ1v) is 6.51. The van der Waals surface area contributed by atoms with Crippen LogP contribution in [0.2, 0.25) is 0 Å². The largest absolute Gasteiger partial charge is 0.338 e. The number of rotatable bonds is 4. The van der Waals surface area contributed by atoms with Crippen LogP contribution in [0.4, 0.5) is 0 Å². The van der Waals surface area contributed by atoms with Crippen LogP contribution in [0.3, 0.4) is 0 Å². The molecule has 0 aromatic heterocycles. The quantitative estimate of drug-likeness (QED) is 0.676. The lowest BCUT2D eigenvalue weighted by atomic mass is 11.8. The number of hydrogen-bond acceptors (Lipinski definition) is 4. The highest BCUT2D eigenvalue weighted by Crippen LogP contribution is 2.29. The van der Waals surface area contributed by atoms with Gasteiger partial charge in [0.1, 0.15) is 0 Å². The maximum Gasteiger partial charge on any atom is 0.166 e. The normalized spacial score (nSPS) is 10.0. The van der Waals surface area contributed by atoms with Crippen LogP contribution in [0.5, 0.6) is 0 Å². The van der Waals surface area contributed by atoms with Crippen LogP contribution in [-0.4, -0.2) is 41.8 Å². The van der Waals surface area contributed by atoms with Gasteiger partial charge in [-0.25, -0.2) is 0 Å². The maximum atomic E-state index is 4.74. The Hall–Kier alpha value is 0.700. The molecule has 0 amide bonds. The van der Waals surface area contributed by atoms with Crippen molar-refractivity contribution in [3.63, 3.8) is 0 Å². The standard InChI is InChI=1S/2C3H9O2P/c2*1-4-6(3)5-2/h2*1-3H3. The summed E-state index contributed by atoms with van der Waals surface area (Å²) < 4.78 is 19.0. The molecule has 0 aromatic carbocycles. The molecule has 12 heavy (non-hydrogen) atoms. The fourth-order valence-corrected chi connectivity index (χ4v) is 0.447. The SMILES string of the molecule is COP(C)OC.COP(C)OC. The minimum Gasteiger partial charge on any atom is -0.338 e. The molecule has 0 aliphatic rings. The average molecular weight is 216 g/mol. The lowest BCUT2D eigenvalue weighted by molar-refractivity contribution is 0.345. The van der Waals surface area contributed by atoms with Crippen molar-refractivity contribution < 1.29 is 18.1 Å². The van der Waals surface area contributed by atoms with Gasteiger partial charge in [-0.15, -0.1) is 0 Å². The average Bonchev–Trinajstić information content (AvgIpc) is 2.16. The molecule has 0 radical (unpaired) electrons. The highest BCUT2D eigenvalue weighted by molar-refractivity contribution is 7.46. The molecule has 0 aliphatic carbocycles. The molecule has 0 fully saturated rings. The van der Waals surface area contributed by atoms with E-state index in [1.807, 2.05) is 13.3 Å². The highest BCUT2D eigenvalue weighted by Gasteiger charge is 1.89. The first-order chi connectivity index (χ1) is 5.62. The fourth-order valence-electron chi connectivity index (χ4n) is 0.149. The van der Waals surface area contributed by atoms with E-state index in [0.29, 0.717) is 0 Å². The molecular formula is C6H18O4P2. The molecule has 6 heteroatoms. The molecule has 0 aromatic rings. The maximum absolute atomic E-state index is 4.74.